The molecule has 2 aromatic carbocycles. The number of benzene rings is 2. The molecule has 134 valence electrons. The molecule has 1 atom stereocenters. The standard InChI is InChI=1S/C20H18N6O/c1-14-11-16-12-15(7-8-18(16)27-14)20-21-9-10-25(20)13-19-22-23-24-26(19)17-5-3-2-4-6-17/h2-10,12,14H,11,13H2,1H3/t14-/m1/s1. The minimum absolute atomic E-state index is 0.227. The number of rotatable bonds is 4. The smallest absolute Gasteiger partial charge is 0.176 e. The van der Waals surface area contributed by atoms with Gasteiger partial charge in [0.2, 0.25) is 0 Å². The quantitative estimate of drug-likeness (QED) is 0.561. The van der Waals surface area contributed by atoms with Gasteiger partial charge in [0.1, 0.15) is 17.7 Å². The first kappa shape index (κ1) is 15.7. The summed E-state index contributed by atoms with van der Waals surface area (Å²) >= 11 is 0. The van der Waals surface area contributed by atoms with Crippen molar-refractivity contribution in [3.05, 3.63) is 72.3 Å². The molecule has 0 radical (unpaired) electrons. The molecular formula is C20H18N6O. The van der Waals surface area contributed by atoms with Gasteiger partial charge in [0.05, 0.1) is 12.2 Å². The molecule has 2 aromatic heterocycles. The highest BCUT2D eigenvalue weighted by atomic mass is 16.5. The van der Waals surface area contributed by atoms with Crippen LogP contribution in [0.15, 0.2) is 60.9 Å². The minimum Gasteiger partial charge on any atom is -0.490 e. The molecule has 5 rings (SSSR count). The maximum Gasteiger partial charge on any atom is 0.176 e. The van der Waals surface area contributed by atoms with Crippen LogP contribution in [0.5, 0.6) is 5.75 Å². The Hall–Kier alpha value is -3.48. The van der Waals surface area contributed by atoms with Crippen molar-refractivity contribution in [2.75, 3.05) is 0 Å². The lowest BCUT2D eigenvalue weighted by molar-refractivity contribution is 0.254. The number of ether oxygens (including phenoxy) is 1. The SMILES string of the molecule is C[C@@H]1Cc2cc(-c3nccn3Cc3nnnn3-c3ccccc3)ccc2O1. The van der Waals surface area contributed by atoms with Gasteiger partial charge in [-0.05, 0) is 53.2 Å². The third-order valence-corrected chi connectivity index (χ3v) is 4.72. The number of tetrazole rings is 1. The first-order valence-corrected chi connectivity index (χ1v) is 8.92. The molecule has 0 saturated heterocycles. The molecule has 1 aliphatic rings. The maximum atomic E-state index is 5.80. The fraction of sp³-hybridized carbons (Fsp3) is 0.200. The molecule has 0 saturated carbocycles. The van der Waals surface area contributed by atoms with Gasteiger partial charge in [-0.15, -0.1) is 5.10 Å². The average molecular weight is 358 g/mol. The van der Waals surface area contributed by atoms with Crippen molar-refractivity contribution in [2.24, 2.45) is 0 Å². The van der Waals surface area contributed by atoms with E-state index in [9.17, 15) is 0 Å². The molecule has 7 nitrogen and oxygen atoms in total. The maximum absolute atomic E-state index is 5.80. The van der Waals surface area contributed by atoms with E-state index in [1.165, 1.54) is 5.56 Å². The molecular weight excluding hydrogens is 340 g/mol. The van der Waals surface area contributed by atoms with Gasteiger partial charge in [0.15, 0.2) is 5.82 Å². The molecule has 7 heteroatoms. The van der Waals surface area contributed by atoms with Crippen LogP contribution in [0.1, 0.15) is 18.3 Å². The second-order valence-electron chi connectivity index (χ2n) is 6.68. The van der Waals surface area contributed by atoms with Crippen molar-refractivity contribution < 1.29 is 4.74 Å². The summed E-state index contributed by atoms with van der Waals surface area (Å²) in [6, 6.07) is 16.1. The van der Waals surface area contributed by atoms with Crippen molar-refractivity contribution >= 4 is 0 Å². The van der Waals surface area contributed by atoms with E-state index in [1.54, 1.807) is 10.9 Å². The Morgan fingerprint density at radius 2 is 2.04 bits per heavy atom. The van der Waals surface area contributed by atoms with Gasteiger partial charge in [-0.1, -0.05) is 18.2 Å². The molecule has 27 heavy (non-hydrogen) atoms. The van der Waals surface area contributed by atoms with Crippen LogP contribution in [0.2, 0.25) is 0 Å². The molecule has 3 heterocycles. The molecule has 0 fully saturated rings. The van der Waals surface area contributed by atoms with Crippen LogP contribution in [0.25, 0.3) is 17.1 Å². The highest BCUT2D eigenvalue weighted by Gasteiger charge is 2.20. The molecule has 0 N–H and O–H groups in total. The lowest BCUT2D eigenvalue weighted by atomic mass is 10.1. The largest absolute Gasteiger partial charge is 0.490 e. The first-order valence-electron chi connectivity index (χ1n) is 8.92. The fourth-order valence-corrected chi connectivity index (χ4v) is 3.48. The average Bonchev–Trinajstić information content (AvgIpc) is 3.41. The van der Waals surface area contributed by atoms with E-state index in [4.69, 9.17) is 4.74 Å². The number of para-hydroxylation sites is 1. The Kier molecular flexibility index (Phi) is 3.71. The zero-order valence-corrected chi connectivity index (χ0v) is 14.9. The Balaban J connectivity index is 1.48. The van der Waals surface area contributed by atoms with Crippen LogP contribution >= 0.6 is 0 Å². The van der Waals surface area contributed by atoms with Crippen LogP contribution in [-0.2, 0) is 13.0 Å². The van der Waals surface area contributed by atoms with E-state index in [0.717, 1.165) is 35.1 Å². The minimum atomic E-state index is 0.227. The van der Waals surface area contributed by atoms with Gasteiger partial charge >= 0.3 is 0 Å². The number of hydrogen-bond acceptors (Lipinski definition) is 5. The number of fused-ring (bicyclic) bond motifs is 1. The normalized spacial score (nSPS) is 15.5. The molecule has 0 bridgehead atoms. The Labute approximate surface area is 156 Å². The van der Waals surface area contributed by atoms with Gasteiger partial charge in [-0.25, -0.2) is 4.98 Å². The van der Waals surface area contributed by atoms with Crippen molar-refractivity contribution in [3.8, 4) is 22.8 Å². The van der Waals surface area contributed by atoms with Gasteiger partial charge < -0.3 is 9.30 Å². The third-order valence-electron chi connectivity index (χ3n) is 4.72. The molecule has 1 aliphatic heterocycles. The summed E-state index contributed by atoms with van der Waals surface area (Å²) < 4.78 is 9.62. The van der Waals surface area contributed by atoms with E-state index >= 15 is 0 Å². The zero-order valence-electron chi connectivity index (χ0n) is 14.9. The predicted molar refractivity (Wildman–Crippen MR) is 99.7 cm³/mol. The van der Waals surface area contributed by atoms with Crippen molar-refractivity contribution in [3.63, 3.8) is 0 Å². The van der Waals surface area contributed by atoms with Gasteiger partial charge in [0.25, 0.3) is 0 Å². The van der Waals surface area contributed by atoms with Crippen LogP contribution < -0.4 is 4.74 Å². The number of nitrogens with zero attached hydrogens (tertiary/aromatic N) is 6. The molecule has 0 spiro atoms. The molecule has 0 aliphatic carbocycles. The van der Waals surface area contributed by atoms with E-state index in [0.29, 0.717) is 6.54 Å². The number of aromatic nitrogens is 6. The summed E-state index contributed by atoms with van der Waals surface area (Å²) in [6.45, 7) is 2.62. The molecule has 4 aromatic rings. The highest BCUT2D eigenvalue weighted by molar-refractivity contribution is 5.60. The monoisotopic (exact) mass is 358 g/mol. The Bertz CT molecular complexity index is 1080. The van der Waals surface area contributed by atoms with Crippen LogP contribution in [0.3, 0.4) is 0 Å². The first-order chi connectivity index (χ1) is 13.3. The lowest BCUT2D eigenvalue weighted by Crippen LogP contribution is -2.09. The predicted octanol–water partition coefficient (Wildman–Crippen LogP) is 2.90. The summed E-state index contributed by atoms with van der Waals surface area (Å²) in [5.74, 6) is 2.61. The number of imidazole rings is 1. The highest BCUT2D eigenvalue weighted by Crippen LogP contribution is 2.32. The summed E-state index contributed by atoms with van der Waals surface area (Å²) in [6.07, 6.45) is 4.91. The fourth-order valence-electron chi connectivity index (χ4n) is 3.48. The van der Waals surface area contributed by atoms with E-state index in [1.807, 2.05) is 42.6 Å². The van der Waals surface area contributed by atoms with Crippen molar-refractivity contribution in [1.82, 2.24) is 29.8 Å². The second-order valence-corrected chi connectivity index (χ2v) is 6.68. The van der Waals surface area contributed by atoms with Crippen LogP contribution in [0.4, 0.5) is 0 Å². The summed E-state index contributed by atoms with van der Waals surface area (Å²) in [5.41, 5.74) is 3.22. The van der Waals surface area contributed by atoms with E-state index in [2.05, 4.69) is 44.1 Å². The van der Waals surface area contributed by atoms with Gasteiger partial charge in [-0.3, -0.25) is 0 Å². The Morgan fingerprint density at radius 1 is 1.15 bits per heavy atom. The Morgan fingerprint density at radius 3 is 2.93 bits per heavy atom. The third kappa shape index (κ3) is 2.87. The van der Waals surface area contributed by atoms with Crippen molar-refractivity contribution in [1.29, 1.82) is 0 Å². The van der Waals surface area contributed by atoms with Crippen LogP contribution in [-0.4, -0.2) is 35.9 Å². The topological polar surface area (TPSA) is 70.7 Å². The van der Waals surface area contributed by atoms with Crippen LogP contribution in [0, 0.1) is 0 Å². The molecule has 0 unspecified atom stereocenters. The zero-order chi connectivity index (χ0) is 18.2. The molecule has 0 amide bonds. The summed E-state index contributed by atoms with van der Waals surface area (Å²) in [7, 11) is 0. The number of hydrogen-bond donors (Lipinski definition) is 0. The van der Waals surface area contributed by atoms with E-state index in [-0.39, 0.29) is 6.10 Å². The summed E-state index contributed by atoms with van der Waals surface area (Å²) in [5, 5.41) is 12.2. The van der Waals surface area contributed by atoms with Crippen molar-refractivity contribution in [2.45, 2.75) is 26.0 Å². The van der Waals surface area contributed by atoms with Gasteiger partial charge in [0, 0.05) is 24.4 Å². The second kappa shape index (κ2) is 6.35. The summed E-state index contributed by atoms with van der Waals surface area (Å²) in [4.78, 5) is 4.56. The van der Waals surface area contributed by atoms with Gasteiger partial charge in [-0.2, -0.15) is 4.68 Å². The lowest BCUT2D eigenvalue weighted by Gasteiger charge is -2.09. The van der Waals surface area contributed by atoms with E-state index < -0.39 is 0 Å².